The van der Waals surface area contributed by atoms with Crippen LogP contribution in [0.25, 0.3) is 0 Å². The van der Waals surface area contributed by atoms with Crippen molar-refractivity contribution in [3.8, 4) is 0 Å². The first kappa shape index (κ1) is 31.4. The van der Waals surface area contributed by atoms with Crippen LogP contribution < -0.4 is 5.11 Å². The van der Waals surface area contributed by atoms with Crippen LogP contribution in [0.5, 0.6) is 0 Å². The summed E-state index contributed by atoms with van der Waals surface area (Å²) in [6, 6.07) is 0. The highest BCUT2D eigenvalue weighted by molar-refractivity contribution is 5.74. The van der Waals surface area contributed by atoms with Crippen molar-refractivity contribution in [3.63, 3.8) is 0 Å². The molecule has 0 unspecified atom stereocenters. The number of rotatable bonds is 13. The Morgan fingerprint density at radius 1 is 0.909 bits per heavy atom. The van der Waals surface area contributed by atoms with Gasteiger partial charge in [0.1, 0.15) is 5.60 Å². The number of carbonyl (C=O) groups is 2. The van der Waals surface area contributed by atoms with Crippen molar-refractivity contribution in [1.29, 1.82) is 0 Å². The second kappa shape index (κ2) is 17.0. The zero-order chi connectivity index (χ0) is 25.3. The first-order chi connectivity index (χ1) is 15.5. The van der Waals surface area contributed by atoms with Crippen molar-refractivity contribution in [2.75, 3.05) is 39.3 Å². The van der Waals surface area contributed by atoms with Gasteiger partial charge >= 0.3 is 6.09 Å². The van der Waals surface area contributed by atoms with E-state index in [1.807, 2.05) is 0 Å². The Labute approximate surface area is 203 Å². The van der Waals surface area contributed by atoms with E-state index in [0.717, 1.165) is 0 Å². The van der Waals surface area contributed by atoms with Gasteiger partial charge in [0.05, 0.1) is 32.1 Å². The number of nitrogens with zero attached hydrogens (tertiary/aromatic N) is 2. The smallest absolute Gasteiger partial charge is 0.410 e. The molecular weight excluding hydrogens is 416 g/mol. The van der Waals surface area contributed by atoms with Crippen molar-refractivity contribution >= 4 is 12.1 Å². The number of quaternary nitrogens is 1. The van der Waals surface area contributed by atoms with Gasteiger partial charge in [0.2, 0.25) is 0 Å². The summed E-state index contributed by atoms with van der Waals surface area (Å²) in [7, 11) is 0. The highest BCUT2D eigenvalue weighted by Crippen LogP contribution is 2.17. The topological polar surface area (TPSA) is 69.7 Å². The van der Waals surface area contributed by atoms with Crippen molar-refractivity contribution < 1.29 is 23.9 Å². The molecule has 0 fully saturated rings. The summed E-state index contributed by atoms with van der Waals surface area (Å²) in [5.41, 5.74) is -0.574. The van der Waals surface area contributed by atoms with E-state index in [9.17, 15) is 14.7 Å². The zero-order valence-corrected chi connectivity index (χ0v) is 22.7. The van der Waals surface area contributed by atoms with Gasteiger partial charge in [-0.15, -0.1) is 0 Å². The summed E-state index contributed by atoms with van der Waals surface area (Å²) in [6.07, 6.45) is 13.7. The minimum absolute atomic E-state index is 0.105. The number of hydrogen-bond acceptors (Lipinski definition) is 4. The minimum Gasteiger partial charge on any atom is -0.549 e. The zero-order valence-electron chi connectivity index (χ0n) is 22.7. The maximum Gasteiger partial charge on any atom is 0.410 e. The molecule has 6 heteroatoms. The molecule has 0 saturated carbocycles. The maximum atomic E-state index is 11.6. The fourth-order valence-electron chi connectivity index (χ4n) is 4.00. The van der Waals surface area contributed by atoms with Crippen LogP contribution in [0.1, 0.15) is 99.8 Å². The molecule has 0 aliphatic carbocycles. The molecule has 0 aromatic rings. The number of carbonyl (C=O) groups excluding carboxylic acids is 2. The van der Waals surface area contributed by atoms with E-state index in [1.165, 1.54) is 93.0 Å². The highest BCUT2D eigenvalue weighted by atomic mass is 16.6. The van der Waals surface area contributed by atoms with Gasteiger partial charge in [-0.1, -0.05) is 65.5 Å². The van der Waals surface area contributed by atoms with E-state index in [0.29, 0.717) is 6.54 Å². The Kier molecular flexibility index (Phi) is 16.2. The molecule has 0 bridgehead atoms. The molecule has 0 N–H and O–H groups in total. The molecule has 33 heavy (non-hydrogen) atoms. The van der Waals surface area contributed by atoms with E-state index < -0.39 is 23.6 Å². The van der Waals surface area contributed by atoms with Gasteiger partial charge in [0.15, 0.2) is 0 Å². The second-order valence-corrected chi connectivity index (χ2v) is 10.4. The molecule has 1 aliphatic heterocycles. The fraction of sp³-hybridized carbons (Fsp3) is 0.852. The summed E-state index contributed by atoms with van der Waals surface area (Å²) >= 11 is 0. The van der Waals surface area contributed by atoms with Crippen molar-refractivity contribution in [1.82, 2.24) is 4.90 Å². The molecule has 0 saturated heterocycles. The summed E-state index contributed by atoms with van der Waals surface area (Å²) in [4.78, 5) is 23.7. The lowest BCUT2D eigenvalue weighted by Gasteiger charge is -2.39. The Bertz CT molecular complexity index is 531. The van der Waals surface area contributed by atoms with Crippen LogP contribution in [0.15, 0.2) is 12.2 Å². The average Bonchev–Trinajstić information content (AvgIpc) is 2.77. The van der Waals surface area contributed by atoms with Crippen molar-refractivity contribution in [2.24, 2.45) is 5.92 Å². The van der Waals surface area contributed by atoms with Gasteiger partial charge in [-0.05, 0) is 46.5 Å². The summed E-state index contributed by atoms with van der Waals surface area (Å²) in [6.45, 7) is 20.8. The minimum atomic E-state index is -1.18. The standard InChI is InChI=1S/C16H36N.C11H17NO4/c1-5-9-13-17(14-10-6-2,15-11-7-3)16-12-8-4;1-11(2,3)16-10(15)12-6-4-5-8(7-12)9(13)14/h5-16H2,1-4H3;4-5,8H,6-7H2,1-3H3,(H,13,14)/q+1;/p-1/t;8-/m.1/s1. The molecule has 6 nitrogen and oxygen atoms in total. The van der Waals surface area contributed by atoms with Crippen molar-refractivity contribution in [3.05, 3.63) is 12.2 Å². The third-order valence-electron chi connectivity index (χ3n) is 6.01. The van der Waals surface area contributed by atoms with Gasteiger partial charge in [0.25, 0.3) is 0 Å². The van der Waals surface area contributed by atoms with Crippen molar-refractivity contribution in [2.45, 2.75) is 105 Å². The van der Waals surface area contributed by atoms with E-state index in [4.69, 9.17) is 4.74 Å². The van der Waals surface area contributed by atoms with Gasteiger partial charge < -0.3 is 24.0 Å². The van der Waals surface area contributed by atoms with Crippen LogP contribution in [0, 0.1) is 5.92 Å². The molecule has 0 aromatic carbocycles. The number of unbranched alkanes of at least 4 members (excludes halogenated alkanes) is 4. The van der Waals surface area contributed by atoms with Gasteiger partial charge in [-0.25, -0.2) is 4.79 Å². The molecule has 1 aliphatic rings. The lowest BCUT2D eigenvalue weighted by molar-refractivity contribution is -0.929. The molecule has 0 spiro atoms. The molecule has 1 atom stereocenters. The monoisotopic (exact) mass is 468 g/mol. The number of carboxylic acid groups (broad SMARTS) is 1. The van der Waals surface area contributed by atoms with E-state index in [1.54, 1.807) is 26.8 Å². The van der Waals surface area contributed by atoms with Gasteiger partial charge in [0, 0.05) is 19.0 Å². The quantitative estimate of drug-likeness (QED) is 0.276. The van der Waals surface area contributed by atoms with Gasteiger partial charge in [-0.2, -0.15) is 0 Å². The van der Waals surface area contributed by atoms with Crippen LogP contribution >= 0.6 is 0 Å². The lowest BCUT2D eigenvalue weighted by Crippen LogP contribution is -2.50. The van der Waals surface area contributed by atoms with Crippen LogP contribution in [0.4, 0.5) is 4.79 Å². The molecule has 1 amide bonds. The van der Waals surface area contributed by atoms with E-state index >= 15 is 0 Å². The third kappa shape index (κ3) is 14.3. The molecule has 1 rings (SSSR count). The van der Waals surface area contributed by atoms with E-state index in [-0.39, 0.29) is 6.54 Å². The molecule has 0 aromatic heterocycles. The number of aliphatic carboxylic acids is 1. The Hall–Kier alpha value is -1.56. The Morgan fingerprint density at radius 3 is 1.67 bits per heavy atom. The Balaban J connectivity index is 0.000000621. The summed E-state index contributed by atoms with van der Waals surface area (Å²) in [5, 5.41) is 10.7. The average molecular weight is 469 g/mol. The number of hydrogen-bond donors (Lipinski definition) is 0. The number of carboxylic acids is 1. The predicted octanol–water partition coefficient (Wildman–Crippen LogP) is 5.16. The van der Waals surface area contributed by atoms with Gasteiger partial charge in [-0.3, -0.25) is 0 Å². The normalized spacial score (nSPS) is 16.2. The summed E-state index contributed by atoms with van der Waals surface area (Å²) in [5.74, 6) is -1.93. The number of amides is 1. The van der Waals surface area contributed by atoms with Crippen LogP contribution in [-0.4, -0.2) is 66.3 Å². The first-order valence-electron chi connectivity index (χ1n) is 13.2. The second-order valence-electron chi connectivity index (χ2n) is 10.4. The third-order valence-corrected chi connectivity index (χ3v) is 6.01. The first-order valence-corrected chi connectivity index (χ1v) is 13.2. The van der Waals surface area contributed by atoms with E-state index in [2.05, 4.69) is 27.7 Å². The largest absolute Gasteiger partial charge is 0.549 e. The lowest BCUT2D eigenvalue weighted by atomic mass is 10.1. The fourth-order valence-corrected chi connectivity index (χ4v) is 4.00. The SMILES string of the molecule is CC(C)(C)OC(=O)N1CC=C[C@@H](C(=O)[O-])C1.CCCC[N+](CCCC)(CCCC)CCCC. The van der Waals surface area contributed by atoms with Crippen LogP contribution in [-0.2, 0) is 9.53 Å². The predicted molar refractivity (Wildman–Crippen MR) is 135 cm³/mol. The summed E-state index contributed by atoms with van der Waals surface area (Å²) < 4.78 is 6.57. The molecule has 0 radical (unpaired) electrons. The highest BCUT2D eigenvalue weighted by Gasteiger charge is 2.26. The van der Waals surface area contributed by atoms with Crippen LogP contribution in [0.3, 0.4) is 0 Å². The maximum absolute atomic E-state index is 11.6. The molecule has 194 valence electrons. The Morgan fingerprint density at radius 2 is 1.33 bits per heavy atom. The number of ether oxygens (including phenoxy) is 1. The molecule has 1 heterocycles. The molecular formula is C27H52N2O4. The van der Waals surface area contributed by atoms with Crippen LogP contribution in [0.2, 0.25) is 0 Å².